The lowest BCUT2D eigenvalue weighted by Gasteiger charge is -2.46. The van der Waals surface area contributed by atoms with Gasteiger partial charge in [0.05, 0.1) is 5.56 Å². The molecule has 118 valence electrons. The van der Waals surface area contributed by atoms with Crippen LogP contribution >= 0.6 is 0 Å². The molecule has 21 heavy (non-hydrogen) atoms. The molecular weight excluding hydrogens is 272 g/mol. The van der Waals surface area contributed by atoms with Crippen LogP contribution in [0.5, 0.6) is 0 Å². The molecule has 2 atom stereocenters. The highest BCUT2D eigenvalue weighted by molar-refractivity contribution is 5.30. The van der Waals surface area contributed by atoms with Gasteiger partial charge in [-0.05, 0) is 57.8 Å². The Morgan fingerprint density at radius 2 is 1.86 bits per heavy atom. The first-order valence-electron chi connectivity index (χ1n) is 7.79. The number of aliphatic hydroxyl groups is 1. The standard InChI is InChI=1S/C17H25F2NO/c1-4-17(3,20-10-6-5-7-11-20)16(21)14-13(18)9-8-12(2)15(14)19/h8-9,16,21H,4-7,10-11H2,1-3H3. The minimum atomic E-state index is -1.17. The minimum absolute atomic E-state index is 0.190. The van der Waals surface area contributed by atoms with Gasteiger partial charge in [-0.25, -0.2) is 8.78 Å². The van der Waals surface area contributed by atoms with Gasteiger partial charge in [-0.1, -0.05) is 19.4 Å². The zero-order valence-corrected chi connectivity index (χ0v) is 13.1. The van der Waals surface area contributed by atoms with E-state index >= 15 is 0 Å². The maximum absolute atomic E-state index is 14.3. The molecule has 1 aliphatic rings. The van der Waals surface area contributed by atoms with Crippen LogP contribution in [0.1, 0.15) is 56.8 Å². The first-order chi connectivity index (χ1) is 9.91. The monoisotopic (exact) mass is 297 g/mol. The second kappa shape index (κ2) is 6.41. The molecular formula is C17H25F2NO. The van der Waals surface area contributed by atoms with Crippen LogP contribution in [0.15, 0.2) is 12.1 Å². The zero-order chi connectivity index (χ0) is 15.6. The quantitative estimate of drug-likeness (QED) is 0.909. The summed E-state index contributed by atoms with van der Waals surface area (Å²) < 4.78 is 28.4. The molecule has 1 aromatic carbocycles. The highest BCUT2D eigenvalue weighted by atomic mass is 19.1. The van der Waals surface area contributed by atoms with E-state index in [-0.39, 0.29) is 5.56 Å². The summed E-state index contributed by atoms with van der Waals surface area (Å²) in [6.07, 6.45) is 2.79. The average molecular weight is 297 g/mol. The first kappa shape index (κ1) is 16.4. The molecule has 1 N–H and O–H groups in total. The van der Waals surface area contributed by atoms with Crippen molar-refractivity contribution in [2.45, 2.75) is 58.1 Å². The van der Waals surface area contributed by atoms with Crippen LogP contribution in [-0.2, 0) is 0 Å². The number of aryl methyl sites for hydroxylation is 1. The Labute approximate surface area is 125 Å². The third-order valence-corrected chi connectivity index (χ3v) is 4.98. The molecule has 0 aliphatic carbocycles. The largest absolute Gasteiger partial charge is 0.386 e. The van der Waals surface area contributed by atoms with Crippen molar-refractivity contribution < 1.29 is 13.9 Å². The van der Waals surface area contributed by atoms with Gasteiger partial charge in [0.2, 0.25) is 0 Å². The Hall–Kier alpha value is -1.00. The molecule has 0 amide bonds. The van der Waals surface area contributed by atoms with Crippen LogP contribution in [0, 0.1) is 18.6 Å². The normalized spacial score (nSPS) is 21.0. The van der Waals surface area contributed by atoms with Gasteiger partial charge in [-0.2, -0.15) is 0 Å². The van der Waals surface area contributed by atoms with Crippen molar-refractivity contribution in [3.63, 3.8) is 0 Å². The number of aliphatic hydroxyl groups excluding tert-OH is 1. The Morgan fingerprint density at radius 3 is 2.43 bits per heavy atom. The van der Waals surface area contributed by atoms with E-state index in [4.69, 9.17) is 0 Å². The second-order valence-electron chi connectivity index (χ2n) is 6.25. The van der Waals surface area contributed by atoms with Crippen LogP contribution < -0.4 is 0 Å². The fourth-order valence-corrected chi connectivity index (χ4v) is 3.23. The summed E-state index contributed by atoms with van der Waals surface area (Å²) in [5, 5.41) is 10.8. The molecule has 1 saturated heterocycles. The number of benzene rings is 1. The van der Waals surface area contributed by atoms with Crippen LogP contribution in [0.4, 0.5) is 8.78 Å². The van der Waals surface area contributed by atoms with E-state index < -0.39 is 23.3 Å². The van der Waals surface area contributed by atoms with E-state index in [1.165, 1.54) is 18.6 Å². The Morgan fingerprint density at radius 1 is 1.24 bits per heavy atom. The summed E-state index contributed by atoms with van der Waals surface area (Å²) in [6.45, 7) is 7.20. The molecule has 1 aliphatic heterocycles. The topological polar surface area (TPSA) is 23.5 Å². The molecule has 0 spiro atoms. The average Bonchev–Trinajstić information content (AvgIpc) is 2.51. The molecule has 2 rings (SSSR count). The van der Waals surface area contributed by atoms with Crippen molar-refractivity contribution >= 4 is 0 Å². The number of hydrogen-bond donors (Lipinski definition) is 1. The zero-order valence-electron chi connectivity index (χ0n) is 13.1. The van der Waals surface area contributed by atoms with E-state index in [9.17, 15) is 13.9 Å². The van der Waals surface area contributed by atoms with Crippen molar-refractivity contribution in [2.24, 2.45) is 0 Å². The maximum atomic E-state index is 14.3. The van der Waals surface area contributed by atoms with Crippen LogP contribution in [0.25, 0.3) is 0 Å². The fraction of sp³-hybridized carbons (Fsp3) is 0.647. The summed E-state index contributed by atoms with van der Waals surface area (Å²) in [5.74, 6) is -1.29. The predicted molar refractivity (Wildman–Crippen MR) is 80.2 cm³/mol. The van der Waals surface area contributed by atoms with E-state index in [2.05, 4.69) is 4.90 Å². The van der Waals surface area contributed by atoms with Crippen molar-refractivity contribution in [1.29, 1.82) is 0 Å². The number of nitrogens with zero attached hydrogens (tertiary/aromatic N) is 1. The smallest absolute Gasteiger partial charge is 0.134 e. The number of halogens is 2. The van der Waals surface area contributed by atoms with Gasteiger partial charge in [0, 0.05) is 5.54 Å². The lowest BCUT2D eigenvalue weighted by atomic mass is 9.83. The molecule has 4 heteroatoms. The van der Waals surface area contributed by atoms with E-state index in [1.807, 2.05) is 13.8 Å². The molecule has 2 nitrogen and oxygen atoms in total. The van der Waals surface area contributed by atoms with Crippen molar-refractivity contribution in [3.05, 3.63) is 34.9 Å². The SMILES string of the molecule is CCC(C)(C(O)c1c(F)ccc(C)c1F)N1CCCCC1. The molecule has 0 bridgehead atoms. The highest BCUT2D eigenvalue weighted by Gasteiger charge is 2.41. The number of piperidine rings is 1. The van der Waals surface area contributed by atoms with Crippen LogP contribution in [0.3, 0.4) is 0 Å². The molecule has 1 fully saturated rings. The molecule has 1 aromatic rings. The molecule has 0 saturated carbocycles. The molecule has 2 unspecified atom stereocenters. The lowest BCUT2D eigenvalue weighted by Crippen LogP contribution is -2.52. The predicted octanol–water partition coefficient (Wildman–Crippen LogP) is 3.96. The second-order valence-corrected chi connectivity index (χ2v) is 6.25. The van der Waals surface area contributed by atoms with E-state index in [0.29, 0.717) is 12.0 Å². The third-order valence-electron chi connectivity index (χ3n) is 4.98. The van der Waals surface area contributed by atoms with Gasteiger partial charge in [0.15, 0.2) is 0 Å². The van der Waals surface area contributed by atoms with E-state index in [0.717, 1.165) is 25.9 Å². The van der Waals surface area contributed by atoms with Gasteiger partial charge < -0.3 is 5.11 Å². The highest BCUT2D eigenvalue weighted by Crippen LogP contribution is 2.38. The number of hydrogen-bond acceptors (Lipinski definition) is 2. The number of rotatable bonds is 4. The third kappa shape index (κ3) is 2.97. The Balaban J connectivity index is 2.40. The summed E-state index contributed by atoms with van der Waals surface area (Å²) in [6, 6.07) is 2.65. The van der Waals surface area contributed by atoms with Crippen LogP contribution in [-0.4, -0.2) is 28.6 Å². The van der Waals surface area contributed by atoms with Crippen molar-refractivity contribution in [2.75, 3.05) is 13.1 Å². The van der Waals surface area contributed by atoms with Gasteiger partial charge in [0.1, 0.15) is 17.7 Å². The van der Waals surface area contributed by atoms with Gasteiger partial charge in [-0.3, -0.25) is 4.90 Å². The van der Waals surface area contributed by atoms with Crippen molar-refractivity contribution in [1.82, 2.24) is 4.90 Å². The Bertz CT molecular complexity index is 500. The fourth-order valence-electron chi connectivity index (χ4n) is 3.23. The summed E-state index contributed by atoms with van der Waals surface area (Å²) in [5.41, 5.74) is -0.469. The lowest BCUT2D eigenvalue weighted by molar-refractivity contribution is -0.0384. The first-order valence-corrected chi connectivity index (χ1v) is 7.79. The van der Waals surface area contributed by atoms with Gasteiger partial charge in [-0.15, -0.1) is 0 Å². The van der Waals surface area contributed by atoms with Gasteiger partial charge in [0.25, 0.3) is 0 Å². The summed E-state index contributed by atoms with van der Waals surface area (Å²) in [7, 11) is 0. The molecule has 0 radical (unpaired) electrons. The van der Waals surface area contributed by atoms with Gasteiger partial charge >= 0.3 is 0 Å². The summed E-state index contributed by atoms with van der Waals surface area (Å²) in [4.78, 5) is 2.18. The summed E-state index contributed by atoms with van der Waals surface area (Å²) >= 11 is 0. The minimum Gasteiger partial charge on any atom is -0.386 e. The van der Waals surface area contributed by atoms with Crippen LogP contribution in [0.2, 0.25) is 0 Å². The maximum Gasteiger partial charge on any atom is 0.134 e. The molecule has 1 heterocycles. The van der Waals surface area contributed by atoms with E-state index in [1.54, 1.807) is 6.92 Å². The number of likely N-dealkylation sites (tertiary alicyclic amines) is 1. The van der Waals surface area contributed by atoms with Crippen molar-refractivity contribution in [3.8, 4) is 0 Å². The molecule has 0 aromatic heterocycles. The Kier molecular flexibility index (Phi) is 4.99.